The van der Waals surface area contributed by atoms with Crippen LogP contribution in [0.5, 0.6) is 23.0 Å². The summed E-state index contributed by atoms with van der Waals surface area (Å²) >= 11 is 0. The predicted molar refractivity (Wildman–Crippen MR) is 118 cm³/mol. The first kappa shape index (κ1) is 21.1. The molecule has 1 aliphatic rings. The van der Waals surface area contributed by atoms with E-state index in [1.54, 1.807) is 38.5 Å². The highest BCUT2D eigenvalue weighted by atomic mass is 16.5. The van der Waals surface area contributed by atoms with Gasteiger partial charge in [-0.2, -0.15) is 0 Å². The van der Waals surface area contributed by atoms with E-state index < -0.39 is 0 Å². The lowest BCUT2D eigenvalue weighted by Crippen LogP contribution is -2.29. The van der Waals surface area contributed by atoms with Crippen molar-refractivity contribution in [1.29, 1.82) is 0 Å². The van der Waals surface area contributed by atoms with Gasteiger partial charge in [-0.25, -0.2) is 0 Å². The first-order chi connectivity index (χ1) is 15.1. The zero-order valence-electron chi connectivity index (χ0n) is 18.1. The van der Waals surface area contributed by atoms with E-state index >= 15 is 0 Å². The number of phenolic OH excluding ortho intramolecular Hbond substituents is 1. The van der Waals surface area contributed by atoms with Crippen molar-refractivity contribution < 1.29 is 23.7 Å². The van der Waals surface area contributed by atoms with E-state index in [2.05, 4.69) is 4.90 Å². The number of aromatic hydroxyl groups is 1. The summed E-state index contributed by atoms with van der Waals surface area (Å²) in [5, 5.41) is 11.1. The molecule has 1 fully saturated rings. The molecular weight excluding hydrogens is 398 g/mol. The molecule has 7 heteroatoms. The summed E-state index contributed by atoms with van der Waals surface area (Å²) in [6, 6.07) is 6.81. The van der Waals surface area contributed by atoms with Crippen molar-refractivity contribution in [3.63, 3.8) is 0 Å². The fourth-order valence-corrected chi connectivity index (χ4v) is 4.15. The number of benzene rings is 2. The average molecular weight is 425 g/mol. The number of fused-ring (bicyclic) bond motifs is 1. The van der Waals surface area contributed by atoms with Crippen LogP contribution in [0.3, 0.4) is 0 Å². The van der Waals surface area contributed by atoms with Crippen LogP contribution in [-0.2, 0) is 6.54 Å². The Hall–Kier alpha value is -3.19. The Morgan fingerprint density at radius 2 is 1.68 bits per heavy atom. The number of ether oxygens (including phenoxy) is 3. The van der Waals surface area contributed by atoms with Crippen LogP contribution in [0.25, 0.3) is 22.1 Å². The Bertz CT molecular complexity index is 1150. The standard InChI is InChI=1S/C24H27NO6/c1-28-19-8-7-15(11-20(19)29-2)18-14-31-24-16(22(18)26)12-21(30-3)23(27)17(24)13-25-9-5-4-6-10-25/h7-8,11-12,14,27H,4-6,9-10,13H2,1-3H3. The average Bonchev–Trinajstić information content (AvgIpc) is 2.81. The normalized spacial score (nSPS) is 14.5. The Labute approximate surface area is 180 Å². The second-order valence-corrected chi connectivity index (χ2v) is 7.67. The van der Waals surface area contributed by atoms with Crippen LogP contribution in [0.15, 0.2) is 39.7 Å². The number of methoxy groups -OCH3 is 3. The minimum absolute atomic E-state index is 0.0163. The molecule has 3 aromatic rings. The van der Waals surface area contributed by atoms with Gasteiger partial charge in [0.25, 0.3) is 0 Å². The molecule has 0 atom stereocenters. The summed E-state index contributed by atoms with van der Waals surface area (Å²) in [5.74, 6) is 1.37. The van der Waals surface area contributed by atoms with Gasteiger partial charge in [0.05, 0.1) is 37.8 Å². The van der Waals surface area contributed by atoms with Crippen molar-refractivity contribution in [1.82, 2.24) is 4.90 Å². The second kappa shape index (κ2) is 8.89. The Kier molecular flexibility index (Phi) is 6.04. The van der Waals surface area contributed by atoms with Gasteiger partial charge >= 0.3 is 0 Å². The quantitative estimate of drug-likeness (QED) is 0.635. The molecule has 1 aliphatic heterocycles. The Morgan fingerprint density at radius 3 is 2.35 bits per heavy atom. The molecule has 1 saturated heterocycles. The fraction of sp³-hybridized carbons (Fsp3) is 0.375. The number of hydrogen-bond donors (Lipinski definition) is 1. The third-order valence-corrected chi connectivity index (χ3v) is 5.84. The van der Waals surface area contributed by atoms with Crippen LogP contribution in [0.4, 0.5) is 0 Å². The highest BCUT2D eigenvalue weighted by Gasteiger charge is 2.22. The van der Waals surface area contributed by atoms with Crippen LogP contribution in [0, 0.1) is 0 Å². The van der Waals surface area contributed by atoms with E-state index in [0.29, 0.717) is 45.7 Å². The molecule has 0 saturated carbocycles. The fourth-order valence-electron chi connectivity index (χ4n) is 4.15. The Morgan fingerprint density at radius 1 is 0.968 bits per heavy atom. The summed E-state index contributed by atoms with van der Waals surface area (Å²) in [6.45, 7) is 2.40. The topological polar surface area (TPSA) is 81.4 Å². The number of likely N-dealkylation sites (tertiary alicyclic amines) is 1. The molecule has 0 unspecified atom stereocenters. The zero-order valence-corrected chi connectivity index (χ0v) is 18.1. The Balaban J connectivity index is 1.85. The van der Waals surface area contributed by atoms with Crippen molar-refractivity contribution >= 4 is 11.0 Å². The maximum atomic E-state index is 13.4. The van der Waals surface area contributed by atoms with E-state index in [1.807, 2.05) is 0 Å². The highest BCUT2D eigenvalue weighted by Crippen LogP contribution is 2.38. The first-order valence-corrected chi connectivity index (χ1v) is 10.4. The van der Waals surface area contributed by atoms with Crippen LogP contribution in [0.1, 0.15) is 24.8 Å². The molecule has 1 N–H and O–H groups in total. The van der Waals surface area contributed by atoms with Crippen molar-refractivity contribution in [2.75, 3.05) is 34.4 Å². The first-order valence-electron chi connectivity index (χ1n) is 10.4. The summed E-state index contributed by atoms with van der Waals surface area (Å²) in [5.41, 5.74) is 1.81. The number of hydrogen-bond acceptors (Lipinski definition) is 7. The van der Waals surface area contributed by atoms with Crippen LogP contribution in [-0.4, -0.2) is 44.4 Å². The maximum absolute atomic E-state index is 13.4. The number of piperidine rings is 1. The summed E-state index contributed by atoms with van der Waals surface area (Å²) < 4.78 is 22.0. The third-order valence-electron chi connectivity index (χ3n) is 5.84. The largest absolute Gasteiger partial charge is 0.504 e. The molecule has 2 heterocycles. The second-order valence-electron chi connectivity index (χ2n) is 7.67. The van der Waals surface area contributed by atoms with Crippen LogP contribution in [0.2, 0.25) is 0 Å². The van der Waals surface area contributed by atoms with Crippen LogP contribution >= 0.6 is 0 Å². The van der Waals surface area contributed by atoms with Gasteiger partial charge < -0.3 is 23.7 Å². The van der Waals surface area contributed by atoms with Gasteiger partial charge in [0.1, 0.15) is 11.8 Å². The molecule has 0 radical (unpaired) electrons. The molecule has 7 nitrogen and oxygen atoms in total. The van der Waals surface area contributed by atoms with Gasteiger partial charge in [-0.05, 0) is 49.7 Å². The van der Waals surface area contributed by atoms with Gasteiger partial charge in [0, 0.05) is 6.54 Å². The van der Waals surface area contributed by atoms with E-state index in [9.17, 15) is 9.90 Å². The van der Waals surface area contributed by atoms with Crippen molar-refractivity contribution in [3.05, 3.63) is 46.3 Å². The summed E-state index contributed by atoms with van der Waals surface area (Å²) in [4.78, 5) is 15.7. The summed E-state index contributed by atoms with van der Waals surface area (Å²) in [6.07, 6.45) is 4.90. The van der Waals surface area contributed by atoms with Crippen molar-refractivity contribution in [2.45, 2.75) is 25.8 Å². The highest BCUT2D eigenvalue weighted by molar-refractivity contribution is 5.88. The SMILES string of the molecule is COc1ccc(-c2coc3c(CN4CCCCC4)c(O)c(OC)cc3c2=O)cc1OC. The van der Waals surface area contributed by atoms with Gasteiger partial charge in [-0.15, -0.1) is 0 Å². The lowest BCUT2D eigenvalue weighted by molar-refractivity contribution is 0.218. The number of nitrogens with zero attached hydrogens (tertiary/aromatic N) is 1. The molecule has 4 rings (SSSR count). The van der Waals surface area contributed by atoms with E-state index in [1.165, 1.54) is 19.8 Å². The molecule has 0 aliphatic carbocycles. The van der Waals surface area contributed by atoms with Gasteiger partial charge in [-0.3, -0.25) is 9.69 Å². The van der Waals surface area contributed by atoms with E-state index in [0.717, 1.165) is 25.9 Å². The smallest absolute Gasteiger partial charge is 0.200 e. The van der Waals surface area contributed by atoms with E-state index in [-0.39, 0.29) is 16.9 Å². The minimum Gasteiger partial charge on any atom is -0.504 e. The molecule has 0 spiro atoms. The third kappa shape index (κ3) is 3.93. The molecule has 0 bridgehead atoms. The van der Waals surface area contributed by atoms with Crippen molar-refractivity contribution in [3.8, 4) is 34.1 Å². The van der Waals surface area contributed by atoms with Crippen molar-refractivity contribution in [2.24, 2.45) is 0 Å². The molecule has 0 amide bonds. The van der Waals surface area contributed by atoms with Gasteiger partial charge in [-0.1, -0.05) is 12.5 Å². The van der Waals surface area contributed by atoms with E-state index in [4.69, 9.17) is 18.6 Å². The molecular formula is C24H27NO6. The van der Waals surface area contributed by atoms with Crippen LogP contribution < -0.4 is 19.6 Å². The van der Waals surface area contributed by atoms with Gasteiger partial charge in [0.2, 0.25) is 5.43 Å². The predicted octanol–water partition coefficient (Wildman–Crippen LogP) is 4.18. The lowest BCUT2D eigenvalue weighted by Gasteiger charge is -2.27. The van der Waals surface area contributed by atoms with Gasteiger partial charge in [0.15, 0.2) is 23.0 Å². The zero-order chi connectivity index (χ0) is 22.0. The number of rotatable bonds is 6. The number of phenols is 1. The molecule has 2 aromatic carbocycles. The molecule has 31 heavy (non-hydrogen) atoms. The monoisotopic (exact) mass is 425 g/mol. The minimum atomic E-state index is -0.202. The molecule has 164 valence electrons. The lowest BCUT2D eigenvalue weighted by atomic mass is 10.0. The summed E-state index contributed by atoms with van der Waals surface area (Å²) in [7, 11) is 4.58. The maximum Gasteiger partial charge on any atom is 0.200 e. The molecule has 1 aromatic heterocycles.